The highest BCUT2D eigenvalue weighted by Crippen LogP contribution is 2.54. The molecule has 36 heavy (non-hydrogen) atoms. The lowest BCUT2D eigenvalue weighted by Crippen LogP contribution is -2.60. The van der Waals surface area contributed by atoms with Crippen molar-refractivity contribution in [1.82, 2.24) is 14.8 Å². The summed E-state index contributed by atoms with van der Waals surface area (Å²) in [5, 5.41) is 4.02. The first-order valence-corrected chi connectivity index (χ1v) is 11.4. The smallest absolute Gasteiger partial charge is 0.304 e. The Morgan fingerprint density at radius 1 is 1.11 bits per heavy atom. The van der Waals surface area contributed by atoms with Crippen molar-refractivity contribution in [3.63, 3.8) is 0 Å². The highest BCUT2D eigenvalue weighted by molar-refractivity contribution is 7.99. The molecule has 0 aromatic carbocycles. The number of alkyl halides is 9. The maximum Gasteiger partial charge on any atom is 0.460 e. The Hall–Kier alpha value is -2.42. The maximum absolute atomic E-state index is 13.6. The van der Waals surface area contributed by atoms with E-state index in [0.717, 1.165) is 0 Å². The highest BCUT2D eigenvalue weighted by Gasteiger charge is 2.81. The van der Waals surface area contributed by atoms with E-state index in [1.54, 1.807) is 12.1 Å². The molecule has 0 atom stereocenters. The van der Waals surface area contributed by atoms with Crippen molar-refractivity contribution in [1.29, 1.82) is 0 Å². The Bertz CT molecular complexity index is 1050. The van der Waals surface area contributed by atoms with Crippen LogP contribution in [0.25, 0.3) is 5.69 Å². The van der Waals surface area contributed by atoms with Crippen molar-refractivity contribution < 1.29 is 44.3 Å². The normalized spacial score (nSPS) is 13.1. The number of pyridine rings is 1. The van der Waals surface area contributed by atoms with Crippen LogP contribution >= 0.6 is 23.4 Å². The molecule has 2 heterocycles. The minimum Gasteiger partial charge on any atom is -0.304 e. The van der Waals surface area contributed by atoms with Crippen LogP contribution in [0.5, 0.6) is 0 Å². The Morgan fingerprint density at radius 2 is 1.78 bits per heavy atom. The molecule has 0 aliphatic rings. The van der Waals surface area contributed by atoms with E-state index in [2.05, 4.69) is 16.7 Å². The molecule has 0 saturated heterocycles. The topological polar surface area (TPSA) is 51.0 Å². The molecule has 0 unspecified atom stereocenters. The Kier molecular flexibility index (Phi) is 9.37. The summed E-state index contributed by atoms with van der Waals surface area (Å²) in [5.41, 5.74) is 0.706. The van der Waals surface area contributed by atoms with Gasteiger partial charge in [-0.2, -0.15) is 56.4 Å². The van der Waals surface area contributed by atoms with Gasteiger partial charge in [-0.3, -0.25) is 9.78 Å². The molecule has 0 saturated carbocycles. The van der Waals surface area contributed by atoms with Gasteiger partial charge in [0.25, 0.3) is 0 Å². The standard InChI is InChI=1S/C20H18ClF9N4OS/c1-2-8-33(14-12-34(32-16(14)21)13-4-3-7-31-11-13)15(35)5-9-36-10-6-17(22,23)18(24,25)19(26,27)20(28,29)30/h2-4,7,11-12H,1,5-6,8-10H2. The van der Waals surface area contributed by atoms with Gasteiger partial charge in [0.1, 0.15) is 5.69 Å². The minimum absolute atomic E-state index is 0.0290. The van der Waals surface area contributed by atoms with Crippen LogP contribution < -0.4 is 4.90 Å². The first-order chi connectivity index (χ1) is 16.6. The summed E-state index contributed by atoms with van der Waals surface area (Å²) in [6, 6.07) is 3.30. The molecule has 2 aromatic heterocycles. The number of rotatable bonds is 12. The number of carbonyl (C=O) groups is 1. The zero-order valence-electron chi connectivity index (χ0n) is 18.1. The zero-order chi connectivity index (χ0) is 27.4. The fourth-order valence-electron chi connectivity index (χ4n) is 2.77. The van der Waals surface area contributed by atoms with E-state index in [1.807, 2.05) is 0 Å². The fourth-order valence-corrected chi connectivity index (χ4v) is 3.93. The number of hydrogen-bond acceptors (Lipinski definition) is 4. The first kappa shape index (κ1) is 29.8. The fraction of sp³-hybridized carbons (Fsp3) is 0.450. The molecule has 0 aliphatic heterocycles. The number of halogens is 10. The summed E-state index contributed by atoms with van der Waals surface area (Å²) in [7, 11) is 0. The number of amides is 1. The third kappa shape index (κ3) is 6.28. The van der Waals surface area contributed by atoms with Crippen LogP contribution in [0.1, 0.15) is 12.8 Å². The van der Waals surface area contributed by atoms with Crippen LogP contribution in [0.2, 0.25) is 5.15 Å². The van der Waals surface area contributed by atoms with Gasteiger partial charge >= 0.3 is 23.9 Å². The predicted molar refractivity (Wildman–Crippen MR) is 116 cm³/mol. The minimum atomic E-state index is -6.92. The van der Waals surface area contributed by atoms with E-state index in [-0.39, 0.29) is 29.6 Å². The Balaban J connectivity index is 1.99. The van der Waals surface area contributed by atoms with E-state index in [0.29, 0.717) is 17.4 Å². The van der Waals surface area contributed by atoms with Gasteiger partial charge in [-0.1, -0.05) is 17.7 Å². The van der Waals surface area contributed by atoms with Crippen LogP contribution in [-0.4, -0.2) is 62.7 Å². The average molecular weight is 569 g/mol. The highest BCUT2D eigenvalue weighted by atomic mass is 35.5. The van der Waals surface area contributed by atoms with Crippen LogP contribution in [0, 0.1) is 0 Å². The molecule has 0 radical (unpaired) electrons. The Labute approximate surface area is 208 Å². The van der Waals surface area contributed by atoms with E-state index < -0.39 is 42.0 Å². The average Bonchev–Trinajstić information content (AvgIpc) is 3.17. The first-order valence-electron chi connectivity index (χ1n) is 9.91. The van der Waals surface area contributed by atoms with Crippen molar-refractivity contribution in [2.75, 3.05) is 23.0 Å². The van der Waals surface area contributed by atoms with Gasteiger partial charge < -0.3 is 4.90 Å². The van der Waals surface area contributed by atoms with E-state index in [1.165, 1.54) is 34.2 Å². The van der Waals surface area contributed by atoms with Gasteiger partial charge in [-0.25, -0.2) is 4.68 Å². The Morgan fingerprint density at radius 3 is 2.33 bits per heavy atom. The molecule has 16 heteroatoms. The number of anilines is 1. The molecule has 2 aromatic rings. The molecule has 0 aliphatic carbocycles. The third-order valence-electron chi connectivity index (χ3n) is 4.70. The van der Waals surface area contributed by atoms with Crippen LogP contribution in [-0.2, 0) is 4.79 Å². The summed E-state index contributed by atoms with van der Waals surface area (Å²) in [6.07, 6.45) is -3.35. The van der Waals surface area contributed by atoms with Crippen LogP contribution in [0.15, 0.2) is 43.4 Å². The number of carbonyl (C=O) groups excluding carboxylic acids is 1. The number of hydrogen-bond donors (Lipinski definition) is 0. The van der Waals surface area contributed by atoms with Gasteiger partial charge in [-0.15, -0.1) is 6.58 Å². The van der Waals surface area contributed by atoms with Crippen molar-refractivity contribution in [3.05, 3.63) is 48.5 Å². The molecule has 1 amide bonds. The SMILES string of the molecule is C=CCN(C(=O)CCSCCC(F)(F)C(F)(F)C(F)(F)C(F)(F)F)c1cn(-c2cccnc2)nc1Cl. The van der Waals surface area contributed by atoms with Crippen molar-refractivity contribution in [2.24, 2.45) is 0 Å². The van der Waals surface area contributed by atoms with Crippen LogP contribution in [0.4, 0.5) is 45.2 Å². The van der Waals surface area contributed by atoms with Crippen LogP contribution in [0.3, 0.4) is 0 Å². The lowest BCUT2D eigenvalue weighted by atomic mass is 10.0. The monoisotopic (exact) mass is 568 g/mol. The largest absolute Gasteiger partial charge is 0.460 e. The van der Waals surface area contributed by atoms with E-state index >= 15 is 0 Å². The van der Waals surface area contributed by atoms with Crippen molar-refractivity contribution in [2.45, 2.75) is 36.8 Å². The summed E-state index contributed by atoms with van der Waals surface area (Å²) in [6.45, 7) is 3.50. The molecule has 0 N–H and O–H groups in total. The molecule has 2 rings (SSSR count). The van der Waals surface area contributed by atoms with Gasteiger partial charge in [0.05, 0.1) is 18.1 Å². The van der Waals surface area contributed by atoms with E-state index in [9.17, 15) is 44.3 Å². The molecule has 200 valence electrons. The van der Waals surface area contributed by atoms with Crippen molar-refractivity contribution in [3.8, 4) is 5.69 Å². The second-order valence-electron chi connectivity index (χ2n) is 7.22. The zero-order valence-corrected chi connectivity index (χ0v) is 19.7. The molecule has 0 spiro atoms. The number of nitrogens with zero attached hydrogens (tertiary/aromatic N) is 4. The van der Waals surface area contributed by atoms with Gasteiger partial charge in [0, 0.05) is 31.3 Å². The van der Waals surface area contributed by atoms with E-state index in [4.69, 9.17) is 11.6 Å². The third-order valence-corrected chi connectivity index (χ3v) is 5.95. The van der Waals surface area contributed by atoms with Gasteiger partial charge in [0.2, 0.25) is 5.91 Å². The molecule has 0 bridgehead atoms. The van der Waals surface area contributed by atoms with Gasteiger partial charge in [0.15, 0.2) is 5.15 Å². The second-order valence-corrected chi connectivity index (χ2v) is 8.80. The number of aromatic nitrogens is 3. The molecular weight excluding hydrogens is 551 g/mol. The van der Waals surface area contributed by atoms with Gasteiger partial charge in [-0.05, 0) is 17.9 Å². The number of thioether (sulfide) groups is 1. The maximum atomic E-state index is 13.6. The lowest BCUT2D eigenvalue weighted by molar-refractivity contribution is -0.396. The predicted octanol–water partition coefficient (Wildman–Crippen LogP) is 6.42. The van der Waals surface area contributed by atoms with Crippen molar-refractivity contribution >= 4 is 35.0 Å². The molecule has 0 fully saturated rings. The quantitative estimate of drug-likeness (QED) is 0.168. The summed E-state index contributed by atoms with van der Waals surface area (Å²) >= 11 is 6.64. The summed E-state index contributed by atoms with van der Waals surface area (Å²) < 4.78 is 117. The molecular formula is C20H18ClF9N4OS. The summed E-state index contributed by atoms with van der Waals surface area (Å²) in [5.74, 6) is -20.9. The molecule has 5 nitrogen and oxygen atoms in total. The second kappa shape index (κ2) is 11.3. The summed E-state index contributed by atoms with van der Waals surface area (Å²) in [4.78, 5) is 17.8. The lowest BCUT2D eigenvalue weighted by Gasteiger charge is -2.33.